The SMILES string of the molecule is Clc1cc[c]c(-c2ccccc2)c1Cc1ccccc1. The maximum atomic E-state index is 6.41. The molecule has 0 nitrogen and oxygen atoms in total. The highest BCUT2D eigenvalue weighted by atomic mass is 35.5. The van der Waals surface area contributed by atoms with Gasteiger partial charge in [-0.2, -0.15) is 0 Å². The molecule has 0 aliphatic heterocycles. The molecule has 1 radical (unpaired) electrons. The molecule has 0 unspecified atom stereocenters. The van der Waals surface area contributed by atoms with Gasteiger partial charge < -0.3 is 0 Å². The lowest BCUT2D eigenvalue weighted by Crippen LogP contribution is -1.93. The molecule has 0 saturated carbocycles. The van der Waals surface area contributed by atoms with Gasteiger partial charge in [-0.1, -0.05) is 78.3 Å². The van der Waals surface area contributed by atoms with Crippen molar-refractivity contribution in [3.8, 4) is 11.1 Å². The van der Waals surface area contributed by atoms with E-state index >= 15 is 0 Å². The van der Waals surface area contributed by atoms with Gasteiger partial charge in [0.05, 0.1) is 0 Å². The lowest BCUT2D eigenvalue weighted by molar-refractivity contribution is 1.19. The summed E-state index contributed by atoms with van der Waals surface area (Å²) in [5.74, 6) is 0. The fourth-order valence-corrected chi connectivity index (χ4v) is 2.56. The van der Waals surface area contributed by atoms with Crippen molar-refractivity contribution in [2.75, 3.05) is 0 Å². The summed E-state index contributed by atoms with van der Waals surface area (Å²) in [6, 6.07) is 27.8. The highest BCUT2D eigenvalue weighted by Gasteiger charge is 2.09. The molecule has 0 atom stereocenters. The molecule has 20 heavy (non-hydrogen) atoms. The Morgan fingerprint density at radius 3 is 2.15 bits per heavy atom. The Bertz CT molecular complexity index is 687. The molecule has 0 N–H and O–H groups in total. The van der Waals surface area contributed by atoms with E-state index in [4.69, 9.17) is 11.6 Å². The van der Waals surface area contributed by atoms with Crippen molar-refractivity contribution < 1.29 is 0 Å². The smallest absolute Gasteiger partial charge is 0.0448 e. The molecule has 0 saturated heterocycles. The highest BCUT2D eigenvalue weighted by Crippen LogP contribution is 2.30. The van der Waals surface area contributed by atoms with Crippen LogP contribution in [0.15, 0.2) is 72.8 Å². The highest BCUT2D eigenvalue weighted by molar-refractivity contribution is 6.31. The summed E-state index contributed by atoms with van der Waals surface area (Å²) in [6.07, 6.45) is 0.821. The summed E-state index contributed by atoms with van der Waals surface area (Å²) in [7, 11) is 0. The minimum atomic E-state index is 0.798. The zero-order valence-corrected chi connectivity index (χ0v) is 11.8. The molecule has 3 aromatic rings. The third-order valence-corrected chi connectivity index (χ3v) is 3.69. The Kier molecular flexibility index (Phi) is 3.85. The van der Waals surface area contributed by atoms with E-state index in [2.05, 4.69) is 42.5 Å². The topological polar surface area (TPSA) is 0 Å². The Morgan fingerprint density at radius 2 is 1.45 bits per heavy atom. The van der Waals surface area contributed by atoms with Crippen LogP contribution in [-0.2, 0) is 6.42 Å². The first-order valence-corrected chi connectivity index (χ1v) is 7.01. The molecule has 97 valence electrons. The Morgan fingerprint density at radius 1 is 0.800 bits per heavy atom. The molecule has 0 bridgehead atoms. The average molecular weight is 278 g/mol. The number of hydrogen-bond acceptors (Lipinski definition) is 0. The van der Waals surface area contributed by atoms with E-state index in [9.17, 15) is 0 Å². The normalized spacial score (nSPS) is 10.4. The summed E-state index contributed by atoms with van der Waals surface area (Å²) < 4.78 is 0. The van der Waals surface area contributed by atoms with E-state index in [1.165, 1.54) is 5.56 Å². The summed E-state index contributed by atoms with van der Waals surface area (Å²) in [6.45, 7) is 0. The minimum absolute atomic E-state index is 0.798. The summed E-state index contributed by atoms with van der Waals surface area (Å²) in [4.78, 5) is 0. The van der Waals surface area contributed by atoms with Gasteiger partial charge in [0.1, 0.15) is 0 Å². The first kappa shape index (κ1) is 13.0. The third-order valence-electron chi connectivity index (χ3n) is 3.33. The van der Waals surface area contributed by atoms with Gasteiger partial charge in [-0.15, -0.1) is 0 Å². The van der Waals surface area contributed by atoms with Crippen molar-refractivity contribution in [1.82, 2.24) is 0 Å². The lowest BCUT2D eigenvalue weighted by Gasteiger charge is -2.11. The van der Waals surface area contributed by atoms with Gasteiger partial charge in [0.15, 0.2) is 0 Å². The van der Waals surface area contributed by atoms with Gasteiger partial charge in [0.2, 0.25) is 0 Å². The number of halogens is 1. The molecule has 3 rings (SSSR count). The zero-order valence-electron chi connectivity index (χ0n) is 11.0. The van der Waals surface area contributed by atoms with E-state index < -0.39 is 0 Å². The van der Waals surface area contributed by atoms with E-state index in [1.54, 1.807) is 0 Å². The molecular weight excluding hydrogens is 264 g/mol. The van der Waals surface area contributed by atoms with Crippen molar-refractivity contribution in [1.29, 1.82) is 0 Å². The van der Waals surface area contributed by atoms with Crippen LogP contribution >= 0.6 is 11.6 Å². The van der Waals surface area contributed by atoms with Gasteiger partial charge in [0, 0.05) is 5.02 Å². The van der Waals surface area contributed by atoms with Crippen molar-refractivity contribution in [2.24, 2.45) is 0 Å². The van der Waals surface area contributed by atoms with Gasteiger partial charge >= 0.3 is 0 Å². The number of rotatable bonds is 3. The fraction of sp³-hybridized carbons (Fsp3) is 0.0526. The van der Waals surface area contributed by atoms with Crippen molar-refractivity contribution >= 4 is 11.6 Å². The van der Waals surface area contributed by atoms with Crippen LogP contribution in [0, 0.1) is 6.07 Å². The third kappa shape index (κ3) is 2.76. The van der Waals surface area contributed by atoms with Crippen LogP contribution in [0.2, 0.25) is 5.02 Å². The van der Waals surface area contributed by atoms with E-state index in [0.717, 1.165) is 28.1 Å². The summed E-state index contributed by atoms with van der Waals surface area (Å²) in [5.41, 5.74) is 4.63. The van der Waals surface area contributed by atoms with Crippen LogP contribution < -0.4 is 0 Å². The van der Waals surface area contributed by atoms with E-state index in [-0.39, 0.29) is 0 Å². The molecule has 0 fully saturated rings. The molecule has 0 amide bonds. The predicted octanol–water partition coefficient (Wildman–Crippen LogP) is 5.40. The molecule has 0 aliphatic rings. The average Bonchev–Trinajstić information content (AvgIpc) is 2.51. The van der Waals surface area contributed by atoms with E-state index in [0.29, 0.717) is 0 Å². The van der Waals surface area contributed by atoms with Crippen LogP contribution in [0.1, 0.15) is 11.1 Å². The molecule has 1 heteroatoms. The molecule has 3 aromatic carbocycles. The Labute approximate surface area is 124 Å². The predicted molar refractivity (Wildman–Crippen MR) is 85.0 cm³/mol. The van der Waals surface area contributed by atoms with Crippen LogP contribution in [0.25, 0.3) is 11.1 Å². The minimum Gasteiger partial charge on any atom is -0.0840 e. The van der Waals surface area contributed by atoms with Gasteiger partial charge in [-0.25, -0.2) is 0 Å². The van der Waals surface area contributed by atoms with Crippen LogP contribution in [0.4, 0.5) is 0 Å². The first-order valence-electron chi connectivity index (χ1n) is 6.63. The van der Waals surface area contributed by atoms with Crippen molar-refractivity contribution in [2.45, 2.75) is 6.42 Å². The Hall–Kier alpha value is -2.05. The summed E-state index contributed by atoms with van der Waals surface area (Å²) >= 11 is 6.41. The van der Waals surface area contributed by atoms with Crippen molar-refractivity contribution in [3.05, 3.63) is 95.0 Å². The van der Waals surface area contributed by atoms with Crippen molar-refractivity contribution in [3.63, 3.8) is 0 Å². The molecular formula is C19H14Cl. The lowest BCUT2D eigenvalue weighted by atomic mass is 9.95. The number of hydrogen-bond donors (Lipinski definition) is 0. The second-order valence-corrected chi connectivity index (χ2v) is 5.11. The molecule has 0 heterocycles. The first-order chi connectivity index (χ1) is 9.84. The molecule has 0 aliphatic carbocycles. The largest absolute Gasteiger partial charge is 0.0840 e. The Balaban J connectivity index is 2.06. The molecule has 0 spiro atoms. The zero-order chi connectivity index (χ0) is 13.8. The second-order valence-electron chi connectivity index (χ2n) is 4.71. The number of benzene rings is 3. The quantitative estimate of drug-likeness (QED) is 0.601. The summed E-state index contributed by atoms with van der Waals surface area (Å²) in [5, 5.41) is 0.798. The standard InChI is InChI=1S/C19H14Cl/c20-19-13-7-12-17(16-10-5-2-6-11-16)18(19)14-15-8-3-1-4-9-15/h1-11,13H,14H2. The van der Waals surface area contributed by atoms with Gasteiger partial charge in [-0.3, -0.25) is 0 Å². The van der Waals surface area contributed by atoms with E-state index in [1.807, 2.05) is 36.4 Å². The second kappa shape index (κ2) is 5.94. The van der Waals surface area contributed by atoms with Crippen LogP contribution in [0.3, 0.4) is 0 Å². The van der Waals surface area contributed by atoms with Gasteiger partial charge in [-0.05, 0) is 40.8 Å². The van der Waals surface area contributed by atoms with Crippen LogP contribution in [0.5, 0.6) is 0 Å². The molecule has 0 aromatic heterocycles. The fourth-order valence-electron chi connectivity index (χ4n) is 2.34. The maximum absolute atomic E-state index is 6.41. The maximum Gasteiger partial charge on any atom is 0.0448 e. The van der Waals surface area contributed by atoms with Gasteiger partial charge in [0.25, 0.3) is 0 Å². The monoisotopic (exact) mass is 277 g/mol. The van der Waals surface area contributed by atoms with Crippen LogP contribution in [-0.4, -0.2) is 0 Å².